The summed E-state index contributed by atoms with van der Waals surface area (Å²) in [5.74, 6) is 1.51. The van der Waals surface area contributed by atoms with Crippen LogP contribution in [-0.2, 0) is 9.47 Å². The molecule has 0 aliphatic carbocycles. The molecule has 0 aromatic carbocycles. The molecule has 0 bridgehead atoms. The van der Waals surface area contributed by atoms with Crippen molar-refractivity contribution in [2.45, 2.75) is 38.4 Å². The van der Waals surface area contributed by atoms with E-state index in [0.29, 0.717) is 11.9 Å². The van der Waals surface area contributed by atoms with Gasteiger partial charge in [0.05, 0.1) is 24.4 Å². The summed E-state index contributed by atoms with van der Waals surface area (Å²) in [7, 11) is 1.59. The van der Waals surface area contributed by atoms with Gasteiger partial charge in [-0.25, -0.2) is 4.98 Å². The van der Waals surface area contributed by atoms with Gasteiger partial charge in [-0.1, -0.05) is 0 Å². The van der Waals surface area contributed by atoms with Crippen molar-refractivity contribution in [2.75, 3.05) is 38.3 Å². The van der Waals surface area contributed by atoms with Crippen LogP contribution in [0.15, 0.2) is 10.7 Å². The molecule has 128 valence electrons. The zero-order valence-electron chi connectivity index (χ0n) is 13.5. The molecule has 3 rings (SSSR count). The smallest absolute Gasteiger partial charge is 0.318 e. The fourth-order valence-electron chi connectivity index (χ4n) is 3.06. The summed E-state index contributed by atoms with van der Waals surface area (Å²) in [6, 6.07) is 0.406. The lowest BCUT2D eigenvalue weighted by atomic mass is 9.98. The maximum Gasteiger partial charge on any atom is 0.318 e. The fourth-order valence-corrected chi connectivity index (χ4v) is 3.50. The van der Waals surface area contributed by atoms with Crippen LogP contribution in [0, 0.1) is 5.92 Å². The molecule has 2 aliphatic heterocycles. The first-order valence-electron chi connectivity index (χ1n) is 8.31. The molecule has 0 saturated carbocycles. The Labute approximate surface area is 145 Å². The van der Waals surface area contributed by atoms with E-state index >= 15 is 0 Å². The first-order chi connectivity index (χ1) is 11.3. The highest BCUT2D eigenvalue weighted by Crippen LogP contribution is 2.29. The van der Waals surface area contributed by atoms with E-state index in [4.69, 9.17) is 14.2 Å². The molecule has 2 saturated heterocycles. The number of piperidine rings is 1. The van der Waals surface area contributed by atoms with Crippen LogP contribution in [-0.4, -0.2) is 49.7 Å². The second-order valence-electron chi connectivity index (χ2n) is 6.09. The normalized spacial score (nSPS) is 23.0. The molecule has 1 unspecified atom stereocenters. The van der Waals surface area contributed by atoms with E-state index in [2.05, 4.69) is 30.8 Å². The molecule has 1 atom stereocenters. The minimum Gasteiger partial charge on any atom is -0.467 e. The Morgan fingerprint density at radius 1 is 1.30 bits per heavy atom. The number of aromatic nitrogens is 2. The summed E-state index contributed by atoms with van der Waals surface area (Å²) < 4.78 is 17.6. The highest BCUT2D eigenvalue weighted by atomic mass is 79.9. The van der Waals surface area contributed by atoms with Gasteiger partial charge in [-0.15, -0.1) is 0 Å². The van der Waals surface area contributed by atoms with Crippen LogP contribution in [0.2, 0.25) is 0 Å². The first kappa shape index (κ1) is 16.9. The van der Waals surface area contributed by atoms with Gasteiger partial charge in [0.25, 0.3) is 0 Å². The van der Waals surface area contributed by atoms with Crippen LogP contribution in [0.4, 0.5) is 5.82 Å². The maximum atomic E-state index is 5.93. The Morgan fingerprint density at radius 3 is 2.83 bits per heavy atom. The van der Waals surface area contributed by atoms with E-state index in [9.17, 15) is 0 Å². The molecule has 1 aromatic heterocycles. The number of halogens is 1. The van der Waals surface area contributed by atoms with Crippen LogP contribution in [0.3, 0.4) is 0 Å². The van der Waals surface area contributed by atoms with Gasteiger partial charge in [-0.05, 0) is 54.0 Å². The van der Waals surface area contributed by atoms with E-state index < -0.39 is 0 Å². The number of ether oxygens (including phenoxy) is 3. The predicted octanol–water partition coefficient (Wildman–Crippen LogP) is 3.01. The molecular formula is C16H24BrN3O3. The van der Waals surface area contributed by atoms with Gasteiger partial charge in [0.15, 0.2) is 6.29 Å². The second kappa shape index (κ2) is 8.26. The lowest BCUT2D eigenvalue weighted by Gasteiger charge is -2.34. The van der Waals surface area contributed by atoms with Gasteiger partial charge < -0.3 is 19.1 Å². The Balaban J connectivity index is 1.48. The standard InChI is InChI=1S/C16H24BrN3O3/c1-21-16-18-10-13(17)15(19-16)20-7-5-12(6-8-20)11-23-14-4-2-3-9-22-14/h10,12,14H,2-9,11H2,1H3. The van der Waals surface area contributed by atoms with Gasteiger partial charge in [-0.3, -0.25) is 0 Å². The van der Waals surface area contributed by atoms with E-state index in [0.717, 1.165) is 62.3 Å². The molecule has 2 fully saturated rings. The fraction of sp³-hybridized carbons (Fsp3) is 0.750. The molecule has 0 N–H and O–H groups in total. The van der Waals surface area contributed by atoms with Gasteiger partial charge in [-0.2, -0.15) is 4.98 Å². The number of anilines is 1. The molecule has 0 radical (unpaired) electrons. The van der Waals surface area contributed by atoms with Crippen molar-refractivity contribution in [2.24, 2.45) is 5.92 Å². The lowest BCUT2D eigenvalue weighted by molar-refractivity contribution is -0.169. The Bertz CT molecular complexity index is 503. The summed E-state index contributed by atoms with van der Waals surface area (Å²) >= 11 is 3.53. The number of hydrogen-bond donors (Lipinski definition) is 0. The van der Waals surface area contributed by atoms with Crippen molar-refractivity contribution in [3.05, 3.63) is 10.7 Å². The quantitative estimate of drug-likeness (QED) is 0.776. The molecule has 7 heteroatoms. The van der Waals surface area contributed by atoms with Crippen molar-refractivity contribution in [3.63, 3.8) is 0 Å². The summed E-state index contributed by atoms with van der Waals surface area (Å²) in [5, 5.41) is 0. The van der Waals surface area contributed by atoms with E-state index in [1.807, 2.05) is 0 Å². The van der Waals surface area contributed by atoms with Crippen molar-refractivity contribution in [1.29, 1.82) is 0 Å². The second-order valence-corrected chi connectivity index (χ2v) is 6.94. The van der Waals surface area contributed by atoms with Crippen molar-refractivity contribution < 1.29 is 14.2 Å². The summed E-state index contributed by atoms with van der Waals surface area (Å²) in [5.41, 5.74) is 0. The number of hydrogen-bond acceptors (Lipinski definition) is 6. The molecule has 1 aromatic rings. The Morgan fingerprint density at radius 2 is 2.13 bits per heavy atom. The van der Waals surface area contributed by atoms with E-state index in [-0.39, 0.29) is 6.29 Å². The minimum atomic E-state index is 0.0158. The van der Waals surface area contributed by atoms with E-state index in [1.54, 1.807) is 13.3 Å². The first-order valence-corrected chi connectivity index (χ1v) is 9.10. The molecule has 6 nitrogen and oxygen atoms in total. The third kappa shape index (κ3) is 4.55. The largest absolute Gasteiger partial charge is 0.467 e. The van der Waals surface area contributed by atoms with Crippen LogP contribution < -0.4 is 9.64 Å². The van der Waals surface area contributed by atoms with Gasteiger partial charge in [0.2, 0.25) is 0 Å². The van der Waals surface area contributed by atoms with Crippen LogP contribution in [0.25, 0.3) is 0 Å². The van der Waals surface area contributed by atoms with E-state index in [1.165, 1.54) is 6.42 Å². The molecular weight excluding hydrogens is 362 g/mol. The Hall–Kier alpha value is -0.920. The Kier molecular flexibility index (Phi) is 6.08. The molecule has 0 amide bonds. The van der Waals surface area contributed by atoms with Crippen LogP contribution >= 0.6 is 15.9 Å². The summed E-state index contributed by atoms with van der Waals surface area (Å²) in [6.45, 7) is 3.58. The number of methoxy groups -OCH3 is 1. The topological polar surface area (TPSA) is 56.7 Å². The lowest BCUT2D eigenvalue weighted by Crippen LogP contribution is -2.36. The highest BCUT2D eigenvalue weighted by molar-refractivity contribution is 9.10. The molecule has 0 spiro atoms. The highest BCUT2D eigenvalue weighted by Gasteiger charge is 2.24. The molecule has 23 heavy (non-hydrogen) atoms. The maximum absolute atomic E-state index is 5.93. The zero-order valence-corrected chi connectivity index (χ0v) is 15.1. The summed E-state index contributed by atoms with van der Waals surface area (Å²) in [6.07, 6.45) is 7.38. The number of rotatable bonds is 5. The monoisotopic (exact) mass is 385 g/mol. The molecule has 2 aliphatic rings. The average molecular weight is 386 g/mol. The van der Waals surface area contributed by atoms with Gasteiger partial charge >= 0.3 is 6.01 Å². The van der Waals surface area contributed by atoms with Crippen LogP contribution in [0.1, 0.15) is 32.1 Å². The SMILES string of the molecule is COc1ncc(Br)c(N2CCC(COC3CCCCO3)CC2)n1. The minimum absolute atomic E-state index is 0.0158. The van der Waals surface area contributed by atoms with Crippen molar-refractivity contribution in [1.82, 2.24) is 9.97 Å². The van der Waals surface area contributed by atoms with Crippen molar-refractivity contribution in [3.8, 4) is 6.01 Å². The predicted molar refractivity (Wildman–Crippen MR) is 90.8 cm³/mol. The van der Waals surface area contributed by atoms with Crippen LogP contribution in [0.5, 0.6) is 6.01 Å². The molecule has 3 heterocycles. The third-order valence-electron chi connectivity index (χ3n) is 4.46. The summed E-state index contributed by atoms with van der Waals surface area (Å²) in [4.78, 5) is 10.8. The average Bonchev–Trinajstić information content (AvgIpc) is 2.62. The van der Waals surface area contributed by atoms with Gasteiger partial charge in [0.1, 0.15) is 5.82 Å². The zero-order chi connectivity index (χ0) is 16.1. The number of nitrogens with zero attached hydrogens (tertiary/aromatic N) is 3. The third-order valence-corrected chi connectivity index (χ3v) is 5.02. The van der Waals surface area contributed by atoms with Gasteiger partial charge in [0, 0.05) is 19.7 Å². The van der Waals surface area contributed by atoms with Crippen molar-refractivity contribution >= 4 is 21.7 Å².